The van der Waals surface area contributed by atoms with Crippen molar-refractivity contribution in [2.45, 2.75) is 32.4 Å². The van der Waals surface area contributed by atoms with Crippen LogP contribution in [-0.4, -0.2) is 15.5 Å². The third-order valence-corrected chi connectivity index (χ3v) is 3.98. The number of benzene rings is 1. The van der Waals surface area contributed by atoms with Gasteiger partial charge in [0, 0.05) is 30.2 Å². The minimum absolute atomic E-state index is 0.105. The highest BCUT2D eigenvalue weighted by Crippen LogP contribution is 2.15. The number of aryl methyl sites for hydroxylation is 2. The van der Waals surface area contributed by atoms with E-state index < -0.39 is 0 Å². The van der Waals surface area contributed by atoms with Gasteiger partial charge in [0.25, 0.3) is 5.91 Å². The second-order valence-electron chi connectivity index (χ2n) is 5.01. The summed E-state index contributed by atoms with van der Waals surface area (Å²) >= 11 is 3.42. The molecule has 20 heavy (non-hydrogen) atoms. The topological polar surface area (TPSA) is 46.9 Å². The average Bonchev–Trinajstić information content (AvgIpc) is 2.89. The van der Waals surface area contributed by atoms with Crippen LogP contribution in [0.1, 0.15) is 34.7 Å². The van der Waals surface area contributed by atoms with Crippen molar-refractivity contribution in [2.75, 3.05) is 0 Å². The Hall–Kier alpha value is -1.62. The molecule has 0 saturated heterocycles. The molecule has 3 rings (SSSR count). The summed E-state index contributed by atoms with van der Waals surface area (Å²) in [7, 11) is 0. The molecule has 1 aromatic heterocycles. The smallest absolute Gasteiger partial charge is 0.271 e. The summed E-state index contributed by atoms with van der Waals surface area (Å²) in [4.78, 5) is 16.5. The van der Waals surface area contributed by atoms with Crippen molar-refractivity contribution in [1.82, 2.24) is 14.9 Å². The van der Waals surface area contributed by atoms with E-state index in [-0.39, 0.29) is 5.91 Å². The van der Waals surface area contributed by atoms with E-state index in [1.165, 1.54) is 6.42 Å². The van der Waals surface area contributed by atoms with Gasteiger partial charge in [0.05, 0.1) is 0 Å². The van der Waals surface area contributed by atoms with Crippen molar-refractivity contribution >= 4 is 21.8 Å². The molecule has 1 N–H and O–H groups in total. The lowest BCUT2D eigenvalue weighted by Gasteiger charge is -2.11. The third-order valence-electron chi connectivity index (χ3n) is 3.48. The molecule has 1 aliphatic rings. The van der Waals surface area contributed by atoms with Gasteiger partial charge in [-0.05, 0) is 30.5 Å². The Morgan fingerprint density at radius 3 is 3.10 bits per heavy atom. The number of carbonyl (C=O) groups is 1. The molecule has 4 nitrogen and oxygen atoms in total. The molecule has 0 aliphatic carbocycles. The quantitative estimate of drug-likeness (QED) is 0.938. The molecule has 0 bridgehead atoms. The number of nitrogens with zero attached hydrogens (tertiary/aromatic N) is 2. The number of imidazole rings is 1. The van der Waals surface area contributed by atoms with E-state index in [1.54, 1.807) is 0 Å². The maximum atomic E-state index is 12.1. The molecule has 0 radical (unpaired) electrons. The van der Waals surface area contributed by atoms with Crippen LogP contribution in [0.15, 0.2) is 34.9 Å². The number of aromatic nitrogens is 2. The highest BCUT2D eigenvalue weighted by Gasteiger charge is 2.16. The Kier molecular flexibility index (Phi) is 3.87. The van der Waals surface area contributed by atoms with Gasteiger partial charge in [-0.2, -0.15) is 0 Å². The lowest BCUT2D eigenvalue weighted by Crippen LogP contribution is -2.23. The molecule has 0 saturated carbocycles. The molecule has 0 spiro atoms. The first-order valence-electron chi connectivity index (χ1n) is 6.81. The average molecular weight is 334 g/mol. The second-order valence-corrected chi connectivity index (χ2v) is 5.92. The lowest BCUT2D eigenvalue weighted by molar-refractivity contribution is 0.0946. The predicted molar refractivity (Wildman–Crippen MR) is 80.5 cm³/mol. The zero-order valence-electron chi connectivity index (χ0n) is 11.1. The van der Waals surface area contributed by atoms with E-state index >= 15 is 0 Å². The largest absolute Gasteiger partial charge is 0.347 e. The first-order valence-corrected chi connectivity index (χ1v) is 7.60. The fourth-order valence-electron chi connectivity index (χ4n) is 2.44. The summed E-state index contributed by atoms with van der Waals surface area (Å²) in [6.45, 7) is 1.49. The number of fused-ring (bicyclic) bond motifs is 1. The molecule has 0 atom stereocenters. The first-order chi connectivity index (χ1) is 9.72. The molecule has 1 aromatic carbocycles. The van der Waals surface area contributed by atoms with E-state index in [0.717, 1.165) is 35.2 Å². The van der Waals surface area contributed by atoms with Gasteiger partial charge in [-0.1, -0.05) is 28.1 Å². The highest BCUT2D eigenvalue weighted by molar-refractivity contribution is 9.10. The fourth-order valence-corrected chi connectivity index (χ4v) is 2.89. The van der Waals surface area contributed by atoms with E-state index in [2.05, 4.69) is 30.8 Å². The number of rotatable bonds is 3. The maximum absolute atomic E-state index is 12.1. The Morgan fingerprint density at radius 1 is 1.40 bits per heavy atom. The van der Waals surface area contributed by atoms with Crippen molar-refractivity contribution < 1.29 is 4.79 Å². The molecule has 0 fully saturated rings. The zero-order chi connectivity index (χ0) is 13.9. The van der Waals surface area contributed by atoms with E-state index in [4.69, 9.17) is 0 Å². The van der Waals surface area contributed by atoms with Gasteiger partial charge in [0.2, 0.25) is 0 Å². The monoisotopic (exact) mass is 333 g/mol. The number of hydrogen-bond acceptors (Lipinski definition) is 2. The van der Waals surface area contributed by atoms with Gasteiger partial charge >= 0.3 is 0 Å². The van der Waals surface area contributed by atoms with Crippen molar-refractivity contribution in [3.05, 3.63) is 52.0 Å². The summed E-state index contributed by atoms with van der Waals surface area (Å²) in [5.74, 6) is 0.927. The molecular formula is C15H16BrN3O. The van der Waals surface area contributed by atoms with Crippen molar-refractivity contribution in [3.8, 4) is 0 Å². The van der Waals surface area contributed by atoms with Gasteiger partial charge in [-0.15, -0.1) is 0 Å². The number of nitrogens with one attached hydrogen (secondary N) is 1. The molecule has 1 aliphatic heterocycles. The van der Waals surface area contributed by atoms with Gasteiger partial charge in [-0.25, -0.2) is 4.98 Å². The van der Waals surface area contributed by atoms with Crippen LogP contribution in [-0.2, 0) is 19.5 Å². The number of amides is 1. The predicted octanol–water partition coefficient (Wildman–Crippen LogP) is 2.91. The van der Waals surface area contributed by atoms with Gasteiger partial charge in [0.15, 0.2) is 0 Å². The van der Waals surface area contributed by atoms with Crippen LogP contribution in [0.4, 0.5) is 0 Å². The normalized spacial score (nSPS) is 13.8. The van der Waals surface area contributed by atoms with Gasteiger partial charge < -0.3 is 9.88 Å². The van der Waals surface area contributed by atoms with E-state index in [0.29, 0.717) is 12.2 Å². The fraction of sp³-hybridized carbons (Fsp3) is 0.333. The molecule has 5 heteroatoms. The van der Waals surface area contributed by atoms with Crippen LogP contribution >= 0.6 is 15.9 Å². The Balaban J connectivity index is 1.66. The molecule has 1 amide bonds. The summed E-state index contributed by atoms with van der Waals surface area (Å²) in [6.07, 6.45) is 5.17. The van der Waals surface area contributed by atoms with Crippen molar-refractivity contribution in [2.24, 2.45) is 0 Å². The molecule has 104 valence electrons. The summed E-state index contributed by atoms with van der Waals surface area (Å²) in [5, 5.41) is 2.92. The van der Waals surface area contributed by atoms with E-state index in [1.807, 2.05) is 30.5 Å². The standard InChI is InChI=1S/C15H16BrN3O/c16-12-5-3-4-11(8-12)9-17-15(20)13-10-19-7-2-1-6-14(19)18-13/h3-5,8,10H,1-2,6-7,9H2,(H,17,20). The van der Waals surface area contributed by atoms with Crippen molar-refractivity contribution in [3.63, 3.8) is 0 Å². The van der Waals surface area contributed by atoms with E-state index in [9.17, 15) is 4.79 Å². The van der Waals surface area contributed by atoms with Crippen molar-refractivity contribution in [1.29, 1.82) is 0 Å². The molecule has 0 unspecified atom stereocenters. The van der Waals surface area contributed by atoms with Gasteiger partial charge in [0.1, 0.15) is 11.5 Å². The first kappa shape index (κ1) is 13.4. The van der Waals surface area contributed by atoms with Crippen LogP contribution in [0.25, 0.3) is 0 Å². The number of hydrogen-bond donors (Lipinski definition) is 1. The Morgan fingerprint density at radius 2 is 2.30 bits per heavy atom. The van der Waals surface area contributed by atoms with Crippen LogP contribution in [0.2, 0.25) is 0 Å². The lowest BCUT2D eigenvalue weighted by atomic mass is 10.2. The second kappa shape index (κ2) is 5.79. The molecular weight excluding hydrogens is 318 g/mol. The molecule has 2 heterocycles. The van der Waals surface area contributed by atoms with Crippen LogP contribution < -0.4 is 5.32 Å². The molecule has 2 aromatic rings. The van der Waals surface area contributed by atoms with Crippen LogP contribution in [0.3, 0.4) is 0 Å². The van der Waals surface area contributed by atoms with Crippen LogP contribution in [0.5, 0.6) is 0 Å². The zero-order valence-corrected chi connectivity index (χ0v) is 12.7. The summed E-state index contributed by atoms with van der Waals surface area (Å²) < 4.78 is 3.11. The van der Waals surface area contributed by atoms with Crippen LogP contribution in [0, 0.1) is 0 Å². The number of halogens is 1. The SMILES string of the molecule is O=C(NCc1cccc(Br)c1)c1cn2c(n1)CCCC2. The van der Waals surface area contributed by atoms with Gasteiger partial charge in [-0.3, -0.25) is 4.79 Å². The number of carbonyl (C=O) groups excluding carboxylic acids is 1. The highest BCUT2D eigenvalue weighted by atomic mass is 79.9. The minimum Gasteiger partial charge on any atom is -0.347 e. The summed E-state index contributed by atoms with van der Waals surface area (Å²) in [6, 6.07) is 7.91. The summed E-state index contributed by atoms with van der Waals surface area (Å²) in [5.41, 5.74) is 1.59. The third kappa shape index (κ3) is 2.93. The maximum Gasteiger partial charge on any atom is 0.271 e. The minimum atomic E-state index is -0.105. The Labute approximate surface area is 126 Å². The Bertz CT molecular complexity index is 612.